The molecule has 0 aromatic heterocycles. The number of carbonyl (C=O) groups is 1. The molecule has 0 saturated carbocycles. The summed E-state index contributed by atoms with van der Waals surface area (Å²) in [5.41, 5.74) is 5.55. The lowest BCUT2D eigenvalue weighted by Crippen LogP contribution is -2.12. The summed E-state index contributed by atoms with van der Waals surface area (Å²) in [6.45, 7) is 0. The van der Waals surface area contributed by atoms with Gasteiger partial charge in [0.25, 0.3) is 0 Å². The Kier molecular flexibility index (Phi) is 2.51. The molecule has 1 rings (SSSR count). The molecule has 0 atom stereocenters. The molecule has 0 bridgehead atoms. The van der Waals surface area contributed by atoms with Gasteiger partial charge in [-0.3, -0.25) is 9.93 Å². The molecule has 0 aliphatic rings. The average Bonchev–Trinajstić information content (AvgIpc) is 2.04. The summed E-state index contributed by atoms with van der Waals surface area (Å²) in [5.74, 6) is -0.446. The standard InChI is InChI=1S/C7H8N2OS/c8-7(10)5-3-1-2-4-6(5)11-9/h1-4H,9H2,(H2,8,10). The van der Waals surface area contributed by atoms with E-state index in [1.807, 2.05) is 6.07 Å². The van der Waals surface area contributed by atoms with Crippen LogP contribution < -0.4 is 10.9 Å². The van der Waals surface area contributed by atoms with E-state index in [-0.39, 0.29) is 0 Å². The van der Waals surface area contributed by atoms with Gasteiger partial charge in [-0.15, -0.1) is 0 Å². The van der Waals surface area contributed by atoms with Crippen molar-refractivity contribution >= 4 is 17.9 Å². The third kappa shape index (κ3) is 1.72. The fourth-order valence-corrected chi connectivity index (χ4v) is 1.23. The Labute approximate surface area is 68.9 Å². The Morgan fingerprint density at radius 1 is 1.36 bits per heavy atom. The molecule has 0 radical (unpaired) electrons. The van der Waals surface area contributed by atoms with Gasteiger partial charge in [-0.1, -0.05) is 12.1 Å². The maximum absolute atomic E-state index is 10.7. The number of hydrogen-bond acceptors (Lipinski definition) is 3. The highest BCUT2D eigenvalue weighted by atomic mass is 32.2. The zero-order valence-electron chi connectivity index (χ0n) is 5.78. The van der Waals surface area contributed by atoms with Gasteiger partial charge in [-0.05, 0) is 24.1 Å². The topological polar surface area (TPSA) is 69.1 Å². The highest BCUT2D eigenvalue weighted by Crippen LogP contribution is 2.16. The third-order valence-electron chi connectivity index (χ3n) is 1.28. The molecule has 0 spiro atoms. The predicted octanol–water partition coefficient (Wildman–Crippen LogP) is 0.751. The van der Waals surface area contributed by atoms with E-state index in [0.717, 1.165) is 11.9 Å². The number of carbonyl (C=O) groups excluding carboxylic acids is 1. The molecular weight excluding hydrogens is 160 g/mol. The maximum atomic E-state index is 10.7. The van der Waals surface area contributed by atoms with E-state index < -0.39 is 5.91 Å². The summed E-state index contributed by atoms with van der Waals surface area (Å²) in [6.07, 6.45) is 0. The Bertz CT molecular complexity index is 275. The number of hydrogen-bond donors (Lipinski definition) is 2. The number of nitrogens with two attached hydrogens (primary N) is 2. The van der Waals surface area contributed by atoms with Crippen molar-refractivity contribution < 1.29 is 4.79 Å². The summed E-state index contributed by atoms with van der Waals surface area (Å²) in [6, 6.07) is 6.96. The molecule has 58 valence electrons. The zero-order valence-corrected chi connectivity index (χ0v) is 6.60. The molecule has 3 nitrogen and oxygen atoms in total. The Morgan fingerprint density at radius 2 is 2.00 bits per heavy atom. The van der Waals surface area contributed by atoms with Crippen LogP contribution in [-0.4, -0.2) is 5.91 Å². The highest BCUT2D eigenvalue weighted by molar-refractivity contribution is 7.97. The van der Waals surface area contributed by atoms with Crippen molar-refractivity contribution in [1.82, 2.24) is 0 Å². The van der Waals surface area contributed by atoms with Crippen molar-refractivity contribution in [2.24, 2.45) is 10.9 Å². The number of primary amides is 1. The fraction of sp³-hybridized carbons (Fsp3) is 0. The predicted molar refractivity (Wildman–Crippen MR) is 45.0 cm³/mol. The molecular formula is C7H8N2OS. The van der Waals surface area contributed by atoms with Crippen molar-refractivity contribution in [3.8, 4) is 0 Å². The molecule has 4 N–H and O–H groups in total. The van der Waals surface area contributed by atoms with Gasteiger partial charge in [0.2, 0.25) is 5.91 Å². The number of amides is 1. The summed E-state index contributed by atoms with van der Waals surface area (Å²) in [5, 5.41) is 5.30. The second-order valence-corrected chi connectivity index (χ2v) is 2.65. The van der Waals surface area contributed by atoms with Gasteiger partial charge in [0, 0.05) is 4.90 Å². The second kappa shape index (κ2) is 3.41. The van der Waals surface area contributed by atoms with Crippen molar-refractivity contribution in [3.05, 3.63) is 29.8 Å². The van der Waals surface area contributed by atoms with E-state index >= 15 is 0 Å². The van der Waals surface area contributed by atoms with Crippen molar-refractivity contribution in [2.45, 2.75) is 4.90 Å². The zero-order chi connectivity index (χ0) is 8.27. The third-order valence-corrected chi connectivity index (χ3v) is 1.89. The summed E-state index contributed by atoms with van der Waals surface area (Å²) in [7, 11) is 0. The molecule has 4 heteroatoms. The van der Waals surface area contributed by atoms with Crippen LogP contribution in [0, 0.1) is 0 Å². The van der Waals surface area contributed by atoms with Crippen LogP contribution in [0.3, 0.4) is 0 Å². The molecule has 0 saturated heterocycles. The Balaban J connectivity index is 3.12. The quantitative estimate of drug-likeness (QED) is 0.640. The Morgan fingerprint density at radius 3 is 2.45 bits per heavy atom. The van der Waals surface area contributed by atoms with E-state index in [1.54, 1.807) is 18.2 Å². The smallest absolute Gasteiger partial charge is 0.249 e. The van der Waals surface area contributed by atoms with Crippen LogP contribution in [-0.2, 0) is 0 Å². The molecule has 1 aromatic rings. The lowest BCUT2D eigenvalue weighted by atomic mass is 10.2. The minimum absolute atomic E-state index is 0.446. The number of benzene rings is 1. The van der Waals surface area contributed by atoms with Gasteiger partial charge in [-0.25, -0.2) is 0 Å². The highest BCUT2D eigenvalue weighted by Gasteiger charge is 2.04. The lowest BCUT2D eigenvalue weighted by Gasteiger charge is -2.00. The van der Waals surface area contributed by atoms with E-state index in [0.29, 0.717) is 10.5 Å². The Hall–Kier alpha value is -1.00. The van der Waals surface area contributed by atoms with Gasteiger partial charge < -0.3 is 5.73 Å². The van der Waals surface area contributed by atoms with Crippen molar-refractivity contribution in [3.63, 3.8) is 0 Å². The van der Waals surface area contributed by atoms with Gasteiger partial charge >= 0.3 is 0 Å². The van der Waals surface area contributed by atoms with E-state index in [9.17, 15) is 4.79 Å². The van der Waals surface area contributed by atoms with Crippen LogP contribution in [0.2, 0.25) is 0 Å². The molecule has 0 aliphatic heterocycles. The summed E-state index contributed by atoms with van der Waals surface area (Å²) in [4.78, 5) is 11.4. The van der Waals surface area contributed by atoms with Crippen LogP contribution in [0.15, 0.2) is 29.2 Å². The van der Waals surface area contributed by atoms with E-state index in [4.69, 9.17) is 10.9 Å². The normalized spacial score (nSPS) is 9.55. The summed E-state index contributed by atoms with van der Waals surface area (Å²) >= 11 is 1.02. The van der Waals surface area contributed by atoms with Crippen LogP contribution in [0.5, 0.6) is 0 Å². The summed E-state index contributed by atoms with van der Waals surface area (Å²) < 4.78 is 0. The van der Waals surface area contributed by atoms with Crippen LogP contribution >= 0.6 is 11.9 Å². The SMILES string of the molecule is NSc1ccccc1C(N)=O. The number of rotatable bonds is 2. The first-order valence-corrected chi connectivity index (χ1v) is 3.89. The fourth-order valence-electron chi connectivity index (χ4n) is 0.773. The second-order valence-electron chi connectivity index (χ2n) is 1.98. The van der Waals surface area contributed by atoms with E-state index in [2.05, 4.69) is 0 Å². The first-order chi connectivity index (χ1) is 5.25. The van der Waals surface area contributed by atoms with Crippen LogP contribution in [0.25, 0.3) is 0 Å². The molecule has 11 heavy (non-hydrogen) atoms. The van der Waals surface area contributed by atoms with E-state index in [1.165, 1.54) is 0 Å². The van der Waals surface area contributed by atoms with Gasteiger partial charge in [-0.2, -0.15) is 0 Å². The molecule has 0 heterocycles. The molecule has 1 aromatic carbocycles. The van der Waals surface area contributed by atoms with Gasteiger partial charge in [0.05, 0.1) is 5.56 Å². The first-order valence-electron chi connectivity index (χ1n) is 3.01. The molecule has 1 amide bonds. The minimum Gasteiger partial charge on any atom is -0.366 e. The van der Waals surface area contributed by atoms with Gasteiger partial charge in [0.15, 0.2) is 0 Å². The first kappa shape index (κ1) is 8.10. The van der Waals surface area contributed by atoms with Crippen molar-refractivity contribution in [1.29, 1.82) is 0 Å². The molecule has 0 aliphatic carbocycles. The monoisotopic (exact) mass is 168 g/mol. The van der Waals surface area contributed by atoms with Crippen LogP contribution in [0.4, 0.5) is 0 Å². The lowest BCUT2D eigenvalue weighted by molar-refractivity contribution is 0.0997. The average molecular weight is 168 g/mol. The minimum atomic E-state index is -0.446. The molecule has 0 fully saturated rings. The van der Waals surface area contributed by atoms with Crippen molar-refractivity contribution in [2.75, 3.05) is 0 Å². The van der Waals surface area contributed by atoms with Gasteiger partial charge in [0.1, 0.15) is 0 Å². The molecule has 0 unspecified atom stereocenters. The largest absolute Gasteiger partial charge is 0.366 e. The maximum Gasteiger partial charge on any atom is 0.249 e. The van der Waals surface area contributed by atoms with Crippen LogP contribution in [0.1, 0.15) is 10.4 Å².